The molecule has 2 atom stereocenters. The van der Waals surface area contributed by atoms with Crippen molar-refractivity contribution in [3.63, 3.8) is 0 Å². The zero-order chi connectivity index (χ0) is 11.5. The van der Waals surface area contributed by atoms with Crippen LogP contribution >= 0.6 is 21.6 Å². The maximum Gasteiger partial charge on any atom is 0.0902 e. The number of ether oxygens (including phenoxy) is 3. The number of aliphatic hydroxyl groups excluding tert-OH is 1. The van der Waals surface area contributed by atoms with Crippen LogP contribution in [0.2, 0.25) is 0 Å². The van der Waals surface area contributed by atoms with Crippen molar-refractivity contribution in [1.29, 1.82) is 0 Å². The van der Waals surface area contributed by atoms with E-state index in [9.17, 15) is 0 Å². The van der Waals surface area contributed by atoms with Gasteiger partial charge in [-0.3, -0.25) is 0 Å². The molecule has 0 aliphatic heterocycles. The summed E-state index contributed by atoms with van der Waals surface area (Å²) in [6.07, 6.45) is 0.0496. The van der Waals surface area contributed by atoms with E-state index >= 15 is 0 Å². The number of hydrogen-bond acceptors (Lipinski definition) is 6. The highest BCUT2D eigenvalue weighted by Gasteiger charge is 2.09. The van der Waals surface area contributed by atoms with Crippen LogP contribution in [-0.4, -0.2) is 63.4 Å². The van der Waals surface area contributed by atoms with Gasteiger partial charge in [0.2, 0.25) is 0 Å². The highest BCUT2D eigenvalue weighted by molar-refractivity contribution is 8.76. The van der Waals surface area contributed by atoms with Gasteiger partial charge in [0.05, 0.1) is 25.4 Å². The minimum absolute atomic E-state index is 0.0653. The fourth-order valence-electron chi connectivity index (χ4n) is 0.813. The molecule has 4 nitrogen and oxygen atoms in total. The van der Waals surface area contributed by atoms with Crippen LogP contribution in [-0.2, 0) is 14.2 Å². The Kier molecular flexibility index (Phi) is 11.4. The molecule has 92 valence electrons. The summed E-state index contributed by atoms with van der Waals surface area (Å²) in [6, 6.07) is 0. The van der Waals surface area contributed by atoms with Crippen LogP contribution in [0.5, 0.6) is 0 Å². The second-order valence-corrected chi connectivity index (χ2v) is 5.47. The Hall–Kier alpha value is 0.540. The molecule has 0 amide bonds. The van der Waals surface area contributed by atoms with Crippen molar-refractivity contribution in [2.45, 2.75) is 12.2 Å². The van der Waals surface area contributed by atoms with Gasteiger partial charge in [-0.15, -0.1) is 0 Å². The molecule has 15 heavy (non-hydrogen) atoms. The summed E-state index contributed by atoms with van der Waals surface area (Å²) in [6.45, 7) is 0.674. The van der Waals surface area contributed by atoms with Crippen LogP contribution in [0.1, 0.15) is 0 Å². The Balaban J connectivity index is 3.42. The van der Waals surface area contributed by atoms with E-state index in [2.05, 4.69) is 0 Å². The summed E-state index contributed by atoms with van der Waals surface area (Å²) in [5.41, 5.74) is 0. The predicted molar refractivity (Wildman–Crippen MR) is 65.5 cm³/mol. The molecule has 0 aliphatic rings. The molecular formula is C9H20O4S2. The molecular weight excluding hydrogens is 236 g/mol. The van der Waals surface area contributed by atoms with Crippen molar-refractivity contribution >= 4 is 21.6 Å². The molecule has 0 spiro atoms. The molecule has 6 heteroatoms. The fourth-order valence-corrected chi connectivity index (χ4v) is 3.27. The van der Waals surface area contributed by atoms with Crippen molar-refractivity contribution in [3.05, 3.63) is 0 Å². The Morgan fingerprint density at radius 1 is 1.00 bits per heavy atom. The number of hydrogen-bond donors (Lipinski definition) is 1. The van der Waals surface area contributed by atoms with Gasteiger partial charge in [-0.05, 0) is 0 Å². The highest BCUT2D eigenvalue weighted by atomic mass is 33.1. The second kappa shape index (κ2) is 11.0. The molecule has 0 radical (unpaired) electrons. The molecule has 0 aromatic rings. The monoisotopic (exact) mass is 256 g/mol. The fraction of sp³-hybridized carbons (Fsp3) is 1.00. The number of methoxy groups -OCH3 is 3. The third-order valence-electron chi connectivity index (χ3n) is 1.81. The van der Waals surface area contributed by atoms with Gasteiger partial charge in [0.25, 0.3) is 0 Å². The van der Waals surface area contributed by atoms with Crippen molar-refractivity contribution < 1.29 is 19.3 Å². The average Bonchev–Trinajstić information content (AvgIpc) is 2.28. The first-order valence-electron chi connectivity index (χ1n) is 4.68. The summed E-state index contributed by atoms with van der Waals surface area (Å²) in [7, 11) is 8.33. The van der Waals surface area contributed by atoms with Gasteiger partial charge >= 0.3 is 0 Å². The SMILES string of the molecule is COCC(CSSCC(CO)OC)OC. The van der Waals surface area contributed by atoms with Crippen molar-refractivity contribution in [3.8, 4) is 0 Å². The van der Waals surface area contributed by atoms with E-state index in [1.54, 1.807) is 42.9 Å². The van der Waals surface area contributed by atoms with Crippen LogP contribution in [0.4, 0.5) is 0 Å². The molecule has 0 aromatic heterocycles. The lowest BCUT2D eigenvalue weighted by atomic mass is 10.4. The normalized spacial score (nSPS) is 15.2. The van der Waals surface area contributed by atoms with E-state index in [4.69, 9.17) is 19.3 Å². The van der Waals surface area contributed by atoms with Gasteiger partial charge in [0.1, 0.15) is 0 Å². The van der Waals surface area contributed by atoms with Crippen LogP contribution in [0.3, 0.4) is 0 Å². The minimum atomic E-state index is -0.0779. The molecule has 1 N–H and O–H groups in total. The quantitative estimate of drug-likeness (QED) is 0.465. The van der Waals surface area contributed by atoms with Gasteiger partial charge in [-0.25, -0.2) is 0 Å². The largest absolute Gasteiger partial charge is 0.394 e. The molecule has 0 aromatic carbocycles. The maximum absolute atomic E-state index is 8.87. The van der Waals surface area contributed by atoms with Gasteiger partial charge < -0.3 is 19.3 Å². The van der Waals surface area contributed by atoms with E-state index in [1.165, 1.54) is 0 Å². The summed E-state index contributed by atoms with van der Waals surface area (Å²) in [4.78, 5) is 0. The van der Waals surface area contributed by atoms with Crippen molar-refractivity contribution in [2.75, 3.05) is 46.0 Å². The van der Waals surface area contributed by atoms with Gasteiger partial charge in [0.15, 0.2) is 0 Å². The van der Waals surface area contributed by atoms with E-state index < -0.39 is 0 Å². The first-order valence-corrected chi connectivity index (χ1v) is 7.17. The van der Waals surface area contributed by atoms with Crippen molar-refractivity contribution in [1.82, 2.24) is 0 Å². The molecule has 0 rings (SSSR count). The molecule has 0 aliphatic carbocycles. The summed E-state index contributed by atoms with van der Waals surface area (Å²) in [5.74, 6) is 1.65. The van der Waals surface area contributed by atoms with Gasteiger partial charge in [0, 0.05) is 32.8 Å². The Morgan fingerprint density at radius 3 is 1.93 bits per heavy atom. The molecule has 0 fully saturated rings. The smallest absolute Gasteiger partial charge is 0.0902 e. The maximum atomic E-state index is 8.87. The van der Waals surface area contributed by atoms with E-state index in [0.717, 1.165) is 11.5 Å². The predicted octanol–water partition coefficient (Wildman–Crippen LogP) is 1.04. The average molecular weight is 256 g/mol. The van der Waals surface area contributed by atoms with Crippen LogP contribution in [0, 0.1) is 0 Å². The second-order valence-electron chi connectivity index (χ2n) is 2.92. The third-order valence-corrected chi connectivity index (χ3v) is 4.31. The first kappa shape index (κ1) is 15.5. The van der Waals surface area contributed by atoms with E-state index in [1.807, 2.05) is 0 Å². The van der Waals surface area contributed by atoms with Crippen LogP contribution < -0.4 is 0 Å². The first-order chi connectivity index (χ1) is 7.28. The summed E-state index contributed by atoms with van der Waals surface area (Å²) < 4.78 is 15.3. The molecule has 2 unspecified atom stereocenters. The molecule has 0 saturated carbocycles. The molecule has 0 bridgehead atoms. The minimum Gasteiger partial charge on any atom is -0.394 e. The molecule has 0 heterocycles. The summed E-state index contributed by atoms with van der Waals surface area (Å²) in [5, 5.41) is 8.87. The number of rotatable bonds is 10. The Morgan fingerprint density at radius 2 is 1.53 bits per heavy atom. The highest BCUT2D eigenvalue weighted by Crippen LogP contribution is 2.24. The molecule has 0 saturated heterocycles. The van der Waals surface area contributed by atoms with Gasteiger partial charge in [-0.2, -0.15) is 0 Å². The van der Waals surface area contributed by atoms with E-state index in [-0.39, 0.29) is 18.8 Å². The van der Waals surface area contributed by atoms with Gasteiger partial charge in [-0.1, -0.05) is 21.6 Å². The Bertz CT molecular complexity index is 133. The lowest BCUT2D eigenvalue weighted by molar-refractivity contribution is 0.0432. The number of aliphatic hydroxyl groups is 1. The third kappa shape index (κ3) is 8.36. The Labute approximate surface area is 99.4 Å². The lowest BCUT2D eigenvalue weighted by Crippen LogP contribution is -2.20. The topological polar surface area (TPSA) is 47.9 Å². The van der Waals surface area contributed by atoms with E-state index in [0.29, 0.717) is 6.61 Å². The standard InChI is InChI=1S/C9H20O4S2/c1-11-5-9(13-3)7-15-14-6-8(4-10)12-2/h8-10H,4-7H2,1-3H3. The van der Waals surface area contributed by atoms with Crippen LogP contribution in [0.25, 0.3) is 0 Å². The van der Waals surface area contributed by atoms with Crippen molar-refractivity contribution in [2.24, 2.45) is 0 Å². The zero-order valence-electron chi connectivity index (χ0n) is 9.47. The zero-order valence-corrected chi connectivity index (χ0v) is 11.1. The summed E-state index contributed by atoms with van der Waals surface area (Å²) >= 11 is 0. The van der Waals surface area contributed by atoms with Crippen LogP contribution in [0.15, 0.2) is 0 Å². The lowest BCUT2D eigenvalue weighted by Gasteiger charge is -2.14.